The summed E-state index contributed by atoms with van der Waals surface area (Å²) in [4.78, 5) is 26.5. The van der Waals surface area contributed by atoms with Gasteiger partial charge in [0.2, 0.25) is 0 Å². The predicted molar refractivity (Wildman–Crippen MR) is 116 cm³/mol. The molecule has 1 aliphatic heterocycles. The third-order valence-electron chi connectivity index (χ3n) is 4.96. The second kappa shape index (κ2) is 10.6. The average molecular weight is 454 g/mol. The van der Waals surface area contributed by atoms with Crippen molar-refractivity contribution in [3.05, 3.63) is 35.9 Å². The number of carbonyl (C=O) groups is 2. The molecule has 0 spiro atoms. The van der Waals surface area contributed by atoms with Crippen LogP contribution in [0.4, 0.5) is 4.79 Å². The highest BCUT2D eigenvalue weighted by Gasteiger charge is 2.52. The first-order valence-corrected chi connectivity index (χ1v) is 10.7. The van der Waals surface area contributed by atoms with E-state index in [-0.39, 0.29) is 19.8 Å². The predicted octanol–water partition coefficient (Wildman–Crippen LogP) is 2.23. The maximum atomic E-state index is 13.0. The molecule has 1 aliphatic rings. The van der Waals surface area contributed by atoms with Crippen molar-refractivity contribution in [3.8, 4) is 0 Å². The number of rotatable bonds is 8. The highest BCUT2D eigenvalue weighted by Crippen LogP contribution is 2.33. The molecule has 1 amide bonds. The molecule has 2 rings (SSSR count). The van der Waals surface area contributed by atoms with Crippen molar-refractivity contribution in [2.24, 2.45) is 0 Å². The zero-order valence-corrected chi connectivity index (χ0v) is 19.6. The first kappa shape index (κ1) is 26.1. The molecule has 1 aromatic rings. The average Bonchev–Trinajstić information content (AvgIpc) is 3.02. The molecule has 1 fully saturated rings. The summed E-state index contributed by atoms with van der Waals surface area (Å²) in [5.41, 5.74) is -1.00. The molecular formula is C23H35NO8. The van der Waals surface area contributed by atoms with Gasteiger partial charge in [-0.05, 0) is 47.1 Å². The summed E-state index contributed by atoms with van der Waals surface area (Å²) in [6.45, 7) is 10.3. The fourth-order valence-corrected chi connectivity index (χ4v) is 3.49. The molecule has 0 radical (unpaired) electrons. The van der Waals surface area contributed by atoms with Crippen molar-refractivity contribution in [2.45, 2.75) is 83.8 Å². The molecule has 2 N–H and O–H groups in total. The minimum Gasteiger partial charge on any atom is -0.464 e. The summed E-state index contributed by atoms with van der Waals surface area (Å²) in [5.74, 6) is -0.977. The zero-order valence-electron chi connectivity index (χ0n) is 19.6. The van der Waals surface area contributed by atoms with Crippen LogP contribution in [-0.2, 0) is 30.3 Å². The van der Waals surface area contributed by atoms with Gasteiger partial charge in [-0.2, -0.15) is 0 Å². The van der Waals surface area contributed by atoms with Crippen LogP contribution in [0.15, 0.2) is 30.3 Å². The van der Waals surface area contributed by atoms with E-state index in [1.54, 1.807) is 41.5 Å². The Morgan fingerprint density at radius 1 is 1.22 bits per heavy atom. The van der Waals surface area contributed by atoms with Gasteiger partial charge in [-0.15, -0.1) is 0 Å². The lowest BCUT2D eigenvalue weighted by atomic mass is 9.99. The Bertz CT molecular complexity index is 761. The van der Waals surface area contributed by atoms with Gasteiger partial charge < -0.3 is 29.2 Å². The number of aliphatic hydroxyl groups excluding tert-OH is 2. The number of benzene rings is 1. The molecule has 0 aliphatic carbocycles. The van der Waals surface area contributed by atoms with Crippen LogP contribution in [0.1, 0.15) is 47.1 Å². The third-order valence-corrected chi connectivity index (χ3v) is 4.96. The maximum absolute atomic E-state index is 13.0. The number of esters is 1. The number of hydrogen-bond acceptors (Lipinski definition) is 8. The summed E-state index contributed by atoms with van der Waals surface area (Å²) in [7, 11) is 0. The quantitative estimate of drug-likeness (QED) is 0.576. The number of amides is 1. The van der Waals surface area contributed by atoms with Gasteiger partial charge in [0.15, 0.2) is 6.10 Å². The molecule has 9 nitrogen and oxygen atoms in total. The number of carbonyl (C=O) groups excluding carboxylic acids is 2. The van der Waals surface area contributed by atoms with Gasteiger partial charge in [0.1, 0.15) is 23.5 Å². The standard InChI is InChI=1S/C23H35NO8/c1-7-29-20(27)18(26)17(25)19(30-13-15-11-9-8-10-12-15)16-14-31-23(5,6)24(16)21(28)32-22(2,3)4/h8-12,16-19,25-26H,7,13-14H2,1-6H3/t16-,17-,18-,19+/m1/s1. The van der Waals surface area contributed by atoms with Crippen LogP contribution in [0, 0.1) is 0 Å². The second-order valence-electron chi connectivity index (χ2n) is 9.12. The summed E-state index contributed by atoms with van der Waals surface area (Å²) in [5, 5.41) is 21.3. The third kappa shape index (κ3) is 6.65. The van der Waals surface area contributed by atoms with E-state index in [0.29, 0.717) is 0 Å². The molecular weight excluding hydrogens is 418 g/mol. The van der Waals surface area contributed by atoms with Gasteiger partial charge >= 0.3 is 12.1 Å². The lowest BCUT2D eigenvalue weighted by Crippen LogP contribution is -2.58. The van der Waals surface area contributed by atoms with E-state index in [1.807, 2.05) is 30.3 Å². The van der Waals surface area contributed by atoms with Crippen molar-refractivity contribution < 1.29 is 38.7 Å². The van der Waals surface area contributed by atoms with E-state index in [2.05, 4.69) is 0 Å². The minimum atomic E-state index is -1.86. The van der Waals surface area contributed by atoms with Gasteiger partial charge in [0, 0.05) is 0 Å². The van der Waals surface area contributed by atoms with Crippen LogP contribution in [0.25, 0.3) is 0 Å². The monoisotopic (exact) mass is 453 g/mol. The minimum absolute atomic E-state index is 0.0122. The largest absolute Gasteiger partial charge is 0.464 e. The molecule has 0 aromatic heterocycles. The van der Waals surface area contributed by atoms with Crippen LogP contribution in [0.5, 0.6) is 0 Å². The Morgan fingerprint density at radius 2 is 1.84 bits per heavy atom. The molecule has 0 bridgehead atoms. The molecule has 4 atom stereocenters. The van der Waals surface area contributed by atoms with Crippen LogP contribution >= 0.6 is 0 Å². The Kier molecular flexibility index (Phi) is 8.64. The van der Waals surface area contributed by atoms with Crippen molar-refractivity contribution in [1.82, 2.24) is 4.90 Å². The van der Waals surface area contributed by atoms with E-state index in [9.17, 15) is 19.8 Å². The highest BCUT2D eigenvalue weighted by atomic mass is 16.6. The lowest BCUT2D eigenvalue weighted by molar-refractivity contribution is -0.171. The van der Waals surface area contributed by atoms with Crippen LogP contribution in [-0.4, -0.2) is 76.1 Å². The number of ether oxygens (including phenoxy) is 4. The molecule has 0 unspecified atom stereocenters. The van der Waals surface area contributed by atoms with Gasteiger partial charge in [0.25, 0.3) is 0 Å². The van der Waals surface area contributed by atoms with Gasteiger partial charge in [-0.3, -0.25) is 4.90 Å². The Labute approximate surface area is 189 Å². The number of nitrogens with zero attached hydrogens (tertiary/aromatic N) is 1. The van der Waals surface area contributed by atoms with E-state index < -0.39 is 47.7 Å². The zero-order chi connectivity index (χ0) is 24.1. The second-order valence-corrected chi connectivity index (χ2v) is 9.12. The van der Waals surface area contributed by atoms with Crippen LogP contribution in [0.3, 0.4) is 0 Å². The molecule has 180 valence electrons. The first-order chi connectivity index (χ1) is 14.9. The van der Waals surface area contributed by atoms with Gasteiger partial charge in [-0.25, -0.2) is 9.59 Å². The van der Waals surface area contributed by atoms with Crippen molar-refractivity contribution >= 4 is 12.1 Å². The summed E-state index contributed by atoms with van der Waals surface area (Å²) >= 11 is 0. The van der Waals surface area contributed by atoms with Crippen LogP contribution in [0.2, 0.25) is 0 Å². The maximum Gasteiger partial charge on any atom is 0.412 e. The number of aliphatic hydroxyl groups is 2. The molecule has 9 heteroatoms. The van der Waals surface area contributed by atoms with E-state index in [1.165, 1.54) is 4.90 Å². The Hall–Kier alpha value is -2.20. The molecule has 1 saturated heterocycles. The normalized spacial score (nSPS) is 21.0. The fraction of sp³-hybridized carbons (Fsp3) is 0.652. The van der Waals surface area contributed by atoms with Crippen molar-refractivity contribution in [2.75, 3.05) is 13.2 Å². The molecule has 0 saturated carbocycles. The Balaban J connectivity index is 2.34. The van der Waals surface area contributed by atoms with Crippen LogP contribution < -0.4 is 0 Å². The van der Waals surface area contributed by atoms with E-state index >= 15 is 0 Å². The summed E-state index contributed by atoms with van der Waals surface area (Å²) < 4.78 is 22.2. The molecule has 1 heterocycles. The summed E-state index contributed by atoms with van der Waals surface area (Å²) in [6, 6.07) is 8.39. The van der Waals surface area contributed by atoms with Gasteiger partial charge in [0.05, 0.1) is 25.9 Å². The molecule has 1 aromatic carbocycles. The van der Waals surface area contributed by atoms with E-state index in [0.717, 1.165) is 5.56 Å². The number of hydrogen-bond donors (Lipinski definition) is 2. The Morgan fingerprint density at radius 3 is 2.41 bits per heavy atom. The van der Waals surface area contributed by atoms with E-state index in [4.69, 9.17) is 18.9 Å². The first-order valence-electron chi connectivity index (χ1n) is 10.7. The lowest BCUT2D eigenvalue weighted by Gasteiger charge is -2.39. The smallest absolute Gasteiger partial charge is 0.412 e. The van der Waals surface area contributed by atoms with Gasteiger partial charge in [-0.1, -0.05) is 30.3 Å². The summed E-state index contributed by atoms with van der Waals surface area (Å²) in [6.07, 6.45) is -5.36. The topological polar surface area (TPSA) is 115 Å². The highest BCUT2D eigenvalue weighted by molar-refractivity contribution is 5.75. The van der Waals surface area contributed by atoms with Crippen molar-refractivity contribution in [1.29, 1.82) is 0 Å². The molecule has 32 heavy (non-hydrogen) atoms. The SMILES string of the molecule is CCOC(=O)[C@H](O)[C@@H](O)[C@@H](OCc1ccccc1)[C@H]1COC(C)(C)N1C(=O)OC(C)(C)C. The van der Waals surface area contributed by atoms with Crippen molar-refractivity contribution in [3.63, 3.8) is 0 Å². The fourth-order valence-electron chi connectivity index (χ4n) is 3.49.